The molecule has 9 heavy (non-hydrogen) atoms. The molecule has 0 saturated carbocycles. The smallest absolute Gasteiger partial charge is 0.189 e. The molecule has 0 aromatic rings. The average Bonchev–Trinajstić information content (AvgIpc) is 1.84. The van der Waals surface area contributed by atoms with Crippen molar-refractivity contribution in [3.63, 3.8) is 0 Å². The average molecular weight is 144 g/mol. The van der Waals surface area contributed by atoms with Gasteiger partial charge in [-0.15, -0.1) is 19.2 Å². The molecule has 0 bridgehead atoms. The normalized spacial score (nSPS) is 16.3. The minimum absolute atomic E-state index is 0.00849. The summed E-state index contributed by atoms with van der Waals surface area (Å²) >= 11 is 3.70. The molecule has 0 spiro atoms. The summed E-state index contributed by atoms with van der Waals surface area (Å²) in [6.07, 6.45) is 1.76. The first-order valence-corrected chi connectivity index (χ1v) is 3.39. The molecule has 2 unspecified atom stereocenters. The van der Waals surface area contributed by atoms with Crippen LogP contribution in [-0.2, 0) is 4.79 Å². The van der Waals surface area contributed by atoms with Crippen LogP contribution in [0.25, 0.3) is 0 Å². The largest absolute Gasteiger partial charge is 0.287 e. The van der Waals surface area contributed by atoms with Crippen LogP contribution in [0.15, 0.2) is 12.7 Å². The second kappa shape index (κ2) is 3.72. The van der Waals surface area contributed by atoms with Crippen molar-refractivity contribution in [3.05, 3.63) is 12.7 Å². The van der Waals surface area contributed by atoms with Gasteiger partial charge in [0.2, 0.25) is 0 Å². The van der Waals surface area contributed by atoms with Crippen molar-refractivity contribution >= 4 is 17.7 Å². The van der Waals surface area contributed by atoms with Crippen LogP contribution in [0.5, 0.6) is 0 Å². The summed E-state index contributed by atoms with van der Waals surface area (Å²) < 4.78 is 0. The minimum Gasteiger partial charge on any atom is -0.287 e. The molecule has 2 heteroatoms. The van der Waals surface area contributed by atoms with E-state index in [0.29, 0.717) is 0 Å². The lowest BCUT2D eigenvalue weighted by atomic mass is 9.98. The van der Waals surface area contributed by atoms with Crippen molar-refractivity contribution < 1.29 is 4.79 Å². The number of thiol groups is 1. The molecule has 0 aliphatic heterocycles. The highest BCUT2D eigenvalue weighted by Crippen LogP contribution is 2.13. The zero-order chi connectivity index (χ0) is 7.44. The molecule has 1 nitrogen and oxygen atoms in total. The summed E-state index contributed by atoms with van der Waals surface area (Å²) in [7, 11) is 0. The molecular weight excluding hydrogens is 132 g/mol. The van der Waals surface area contributed by atoms with E-state index >= 15 is 0 Å². The summed E-state index contributed by atoms with van der Waals surface area (Å²) in [5.74, 6) is 0.223. The van der Waals surface area contributed by atoms with Gasteiger partial charge in [-0.05, 0) is 5.92 Å². The number of carbonyl (C=O) groups is 1. The van der Waals surface area contributed by atoms with Gasteiger partial charge in [-0.25, -0.2) is 0 Å². The summed E-state index contributed by atoms with van der Waals surface area (Å²) in [5.41, 5.74) is 0. The summed E-state index contributed by atoms with van der Waals surface area (Å²) in [5, 5.41) is -0.0672. The molecule has 52 valence electrons. The quantitative estimate of drug-likeness (QED) is 0.473. The molecule has 0 aromatic heterocycles. The molecule has 0 heterocycles. The maximum absolute atomic E-state index is 10.6. The molecule has 0 N–H and O–H groups in total. The van der Waals surface area contributed by atoms with Crippen LogP contribution >= 0.6 is 12.6 Å². The fraction of sp³-hybridized carbons (Fsp3) is 0.571. The third-order valence-corrected chi connectivity index (χ3v) is 1.96. The van der Waals surface area contributed by atoms with E-state index in [1.54, 1.807) is 6.08 Å². The number of hydrogen-bond acceptors (Lipinski definition) is 1. The van der Waals surface area contributed by atoms with Gasteiger partial charge in [0, 0.05) is 5.92 Å². The highest BCUT2D eigenvalue weighted by Gasteiger charge is 2.13. The number of hydrogen-bond donors (Lipinski definition) is 1. The third kappa shape index (κ3) is 2.70. The molecule has 0 rings (SSSR count). The monoisotopic (exact) mass is 144 g/mol. The zero-order valence-corrected chi connectivity index (χ0v) is 6.69. The van der Waals surface area contributed by atoms with Crippen molar-refractivity contribution in [3.8, 4) is 0 Å². The van der Waals surface area contributed by atoms with Crippen molar-refractivity contribution in [2.75, 3.05) is 0 Å². The Morgan fingerprint density at radius 1 is 1.67 bits per heavy atom. The van der Waals surface area contributed by atoms with Crippen LogP contribution in [0.1, 0.15) is 13.8 Å². The first kappa shape index (κ1) is 8.76. The number of allylic oxidation sites excluding steroid dienone is 1. The van der Waals surface area contributed by atoms with Gasteiger partial charge in [0.25, 0.3) is 0 Å². The molecule has 0 aliphatic rings. The first-order chi connectivity index (χ1) is 4.09. The van der Waals surface area contributed by atoms with E-state index in [1.807, 2.05) is 13.8 Å². The summed E-state index contributed by atoms with van der Waals surface area (Å²) in [6.45, 7) is 7.38. The van der Waals surface area contributed by atoms with Gasteiger partial charge in [-0.2, -0.15) is 0 Å². The Hall–Kier alpha value is -0.240. The molecule has 0 fully saturated rings. The van der Waals surface area contributed by atoms with Crippen LogP contribution < -0.4 is 0 Å². The molecule has 2 atom stereocenters. The lowest BCUT2D eigenvalue weighted by Gasteiger charge is -2.10. The van der Waals surface area contributed by atoms with Crippen molar-refractivity contribution in [1.82, 2.24) is 0 Å². The van der Waals surface area contributed by atoms with Gasteiger partial charge >= 0.3 is 0 Å². The van der Waals surface area contributed by atoms with E-state index in [1.165, 1.54) is 0 Å². The van der Waals surface area contributed by atoms with Crippen LogP contribution in [0, 0.1) is 11.8 Å². The Kier molecular flexibility index (Phi) is 3.62. The molecule has 0 aliphatic carbocycles. The van der Waals surface area contributed by atoms with Crippen LogP contribution in [0.2, 0.25) is 0 Å². The predicted octanol–water partition coefficient (Wildman–Crippen LogP) is 1.90. The lowest BCUT2D eigenvalue weighted by Crippen LogP contribution is -2.11. The molecule has 0 saturated heterocycles. The van der Waals surface area contributed by atoms with E-state index < -0.39 is 0 Å². The molecule has 0 radical (unpaired) electrons. The van der Waals surface area contributed by atoms with Gasteiger partial charge in [-0.1, -0.05) is 19.9 Å². The van der Waals surface area contributed by atoms with Gasteiger partial charge in [-0.3, -0.25) is 4.79 Å². The van der Waals surface area contributed by atoms with Crippen molar-refractivity contribution in [2.24, 2.45) is 11.8 Å². The van der Waals surface area contributed by atoms with Crippen molar-refractivity contribution in [2.45, 2.75) is 13.8 Å². The third-order valence-electron chi connectivity index (χ3n) is 1.55. The van der Waals surface area contributed by atoms with Crippen LogP contribution in [-0.4, -0.2) is 5.12 Å². The highest BCUT2D eigenvalue weighted by atomic mass is 32.1. The Bertz CT molecular complexity index is 120. The van der Waals surface area contributed by atoms with E-state index in [4.69, 9.17) is 0 Å². The number of rotatable bonds is 3. The van der Waals surface area contributed by atoms with Gasteiger partial charge in [0.1, 0.15) is 0 Å². The SMILES string of the molecule is C=CC(C)C(C)C(=O)S. The standard InChI is InChI=1S/C7H12OS/c1-4-5(2)6(3)7(8)9/h4-6H,1H2,2-3H3,(H,8,9). The Morgan fingerprint density at radius 3 is 2.22 bits per heavy atom. The molecular formula is C7H12OS. The second-order valence-corrected chi connectivity index (χ2v) is 2.66. The Balaban J connectivity index is 3.86. The van der Waals surface area contributed by atoms with Gasteiger partial charge < -0.3 is 0 Å². The predicted molar refractivity (Wildman–Crippen MR) is 42.5 cm³/mol. The second-order valence-electron chi connectivity index (χ2n) is 2.22. The van der Waals surface area contributed by atoms with Crippen molar-refractivity contribution in [1.29, 1.82) is 0 Å². The molecule has 0 amide bonds. The maximum Gasteiger partial charge on any atom is 0.189 e. The molecule has 0 aromatic carbocycles. The first-order valence-electron chi connectivity index (χ1n) is 2.95. The Morgan fingerprint density at radius 2 is 2.11 bits per heavy atom. The lowest BCUT2D eigenvalue weighted by molar-refractivity contribution is -0.114. The van der Waals surface area contributed by atoms with Crippen LogP contribution in [0.4, 0.5) is 0 Å². The fourth-order valence-corrected chi connectivity index (χ4v) is 0.664. The van der Waals surface area contributed by atoms with E-state index in [-0.39, 0.29) is 17.0 Å². The number of carbonyl (C=O) groups excluding carboxylic acids is 1. The van der Waals surface area contributed by atoms with E-state index in [2.05, 4.69) is 19.2 Å². The van der Waals surface area contributed by atoms with Crippen LogP contribution in [0.3, 0.4) is 0 Å². The highest BCUT2D eigenvalue weighted by molar-refractivity contribution is 7.96. The minimum atomic E-state index is -0.0672. The Labute approximate surface area is 61.6 Å². The fourth-order valence-electron chi connectivity index (χ4n) is 0.429. The topological polar surface area (TPSA) is 17.1 Å². The van der Waals surface area contributed by atoms with Gasteiger partial charge in [0.15, 0.2) is 5.12 Å². The van der Waals surface area contributed by atoms with E-state index in [9.17, 15) is 4.79 Å². The zero-order valence-electron chi connectivity index (χ0n) is 5.79. The summed E-state index contributed by atoms with van der Waals surface area (Å²) in [6, 6.07) is 0. The van der Waals surface area contributed by atoms with E-state index in [0.717, 1.165) is 0 Å². The summed E-state index contributed by atoms with van der Waals surface area (Å²) in [4.78, 5) is 10.6. The maximum atomic E-state index is 10.6. The van der Waals surface area contributed by atoms with Gasteiger partial charge in [0.05, 0.1) is 0 Å².